The minimum Gasteiger partial charge on any atom is -0.346 e. The molecule has 0 saturated carbocycles. The van der Waals surface area contributed by atoms with Crippen molar-refractivity contribution in [2.75, 3.05) is 12.0 Å². The second kappa shape index (κ2) is 7.50. The Balaban J connectivity index is 2.16. The Bertz CT molecular complexity index is 561. The highest BCUT2D eigenvalue weighted by Gasteiger charge is 2.18. The number of aromatic amines is 1. The summed E-state index contributed by atoms with van der Waals surface area (Å²) in [5, 5.41) is 3.11. The van der Waals surface area contributed by atoms with E-state index < -0.39 is 0 Å². The van der Waals surface area contributed by atoms with Crippen molar-refractivity contribution in [1.29, 1.82) is 0 Å². The number of hydrogen-bond acceptors (Lipinski definition) is 3. The first-order valence-electron chi connectivity index (χ1n) is 7.33. The second-order valence-corrected chi connectivity index (χ2v) is 6.62. The van der Waals surface area contributed by atoms with Crippen LogP contribution in [0.1, 0.15) is 38.6 Å². The zero-order valence-corrected chi connectivity index (χ0v) is 13.7. The van der Waals surface area contributed by atoms with Crippen molar-refractivity contribution in [3.05, 3.63) is 30.1 Å². The van der Waals surface area contributed by atoms with Gasteiger partial charge in [-0.15, -0.1) is 0 Å². The summed E-state index contributed by atoms with van der Waals surface area (Å²) >= 11 is 1.78. The van der Waals surface area contributed by atoms with Crippen molar-refractivity contribution in [2.24, 2.45) is 5.92 Å². The van der Waals surface area contributed by atoms with Gasteiger partial charge in [-0.3, -0.25) is 4.79 Å². The topological polar surface area (TPSA) is 57.8 Å². The van der Waals surface area contributed by atoms with Crippen LogP contribution >= 0.6 is 11.8 Å². The van der Waals surface area contributed by atoms with Crippen LogP contribution in [-0.4, -0.2) is 27.9 Å². The molecule has 0 fully saturated rings. The zero-order chi connectivity index (χ0) is 15.2. The Morgan fingerprint density at radius 1 is 1.38 bits per heavy atom. The monoisotopic (exact) mass is 305 g/mol. The molecule has 21 heavy (non-hydrogen) atoms. The number of nitrogens with one attached hydrogen (secondary N) is 2. The maximum absolute atomic E-state index is 12.1. The number of imidazole rings is 1. The predicted molar refractivity (Wildman–Crippen MR) is 89.4 cm³/mol. The Morgan fingerprint density at radius 2 is 2.14 bits per heavy atom. The van der Waals surface area contributed by atoms with Crippen molar-refractivity contribution in [1.82, 2.24) is 15.3 Å². The standard InChI is InChI=1S/C16H23N3OS/c1-11(2)10-15(20)17-14(8-9-21-3)16-18-12-6-4-5-7-13(12)19-16/h4-7,11,14H,8-10H2,1-3H3,(H,17,20)(H,18,19)/t14-/m0/s1. The minimum atomic E-state index is -0.0453. The van der Waals surface area contributed by atoms with Crippen LogP contribution in [0.3, 0.4) is 0 Å². The number of para-hydroxylation sites is 2. The van der Waals surface area contributed by atoms with E-state index in [0.717, 1.165) is 29.0 Å². The van der Waals surface area contributed by atoms with E-state index in [1.54, 1.807) is 11.8 Å². The van der Waals surface area contributed by atoms with Gasteiger partial charge in [0, 0.05) is 6.42 Å². The van der Waals surface area contributed by atoms with E-state index in [4.69, 9.17) is 0 Å². The van der Waals surface area contributed by atoms with Crippen LogP contribution in [0.5, 0.6) is 0 Å². The molecular weight excluding hydrogens is 282 g/mol. The Hall–Kier alpha value is -1.49. The summed E-state index contributed by atoms with van der Waals surface area (Å²) in [6, 6.07) is 7.90. The molecule has 1 heterocycles. The van der Waals surface area contributed by atoms with E-state index in [0.29, 0.717) is 12.3 Å². The first-order chi connectivity index (χ1) is 10.1. The van der Waals surface area contributed by atoms with Crippen LogP contribution in [0, 0.1) is 5.92 Å². The molecule has 1 atom stereocenters. The van der Waals surface area contributed by atoms with Crippen LogP contribution in [0.4, 0.5) is 0 Å². The lowest BCUT2D eigenvalue weighted by Crippen LogP contribution is -2.30. The Morgan fingerprint density at radius 3 is 2.81 bits per heavy atom. The molecule has 1 aromatic carbocycles. The number of carbonyl (C=O) groups excluding carboxylic acids is 1. The molecule has 5 heteroatoms. The summed E-state index contributed by atoms with van der Waals surface area (Å²) in [5.74, 6) is 2.30. The van der Waals surface area contributed by atoms with Gasteiger partial charge in [0.2, 0.25) is 5.91 Å². The van der Waals surface area contributed by atoms with Crippen LogP contribution in [-0.2, 0) is 4.79 Å². The Kier molecular flexibility index (Phi) is 5.67. The quantitative estimate of drug-likeness (QED) is 0.823. The molecule has 0 aliphatic carbocycles. The summed E-state index contributed by atoms with van der Waals surface area (Å²) in [6.45, 7) is 4.11. The normalized spacial score (nSPS) is 12.8. The lowest BCUT2D eigenvalue weighted by atomic mass is 10.1. The Labute approximate surface area is 130 Å². The van der Waals surface area contributed by atoms with Gasteiger partial charge in [0.25, 0.3) is 0 Å². The lowest BCUT2D eigenvalue weighted by Gasteiger charge is -2.17. The second-order valence-electron chi connectivity index (χ2n) is 5.64. The first-order valence-corrected chi connectivity index (χ1v) is 8.72. The number of fused-ring (bicyclic) bond motifs is 1. The van der Waals surface area contributed by atoms with Gasteiger partial charge in [0.15, 0.2) is 0 Å². The van der Waals surface area contributed by atoms with Crippen molar-refractivity contribution < 1.29 is 4.79 Å². The SMILES string of the molecule is CSCC[C@H](NC(=O)CC(C)C)c1nc2ccccc2[nH]1. The highest BCUT2D eigenvalue weighted by atomic mass is 32.2. The molecule has 114 valence electrons. The van der Waals surface area contributed by atoms with E-state index >= 15 is 0 Å². The molecule has 2 rings (SSSR count). The van der Waals surface area contributed by atoms with E-state index in [1.807, 2.05) is 24.3 Å². The molecule has 0 aliphatic rings. The summed E-state index contributed by atoms with van der Waals surface area (Å²) in [7, 11) is 0. The molecule has 1 aromatic heterocycles. The van der Waals surface area contributed by atoms with Crippen LogP contribution in [0.15, 0.2) is 24.3 Å². The maximum Gasteiger partial charge on any atom is 0.220 e. The molecule has 2 N–H and O–H groups in total. The van der Waals surface area contributed by atoms with Gasteiger partial charge in [-0.25, -0.2) is 4.98 Å². The lowest BCUT2D eigenvalue weighted by molar-refractivity contribution is -0.122. The zero-order valence-electron chi connectivity index (χ0n) is 12.8. The third-order valence-electron chi connectivity index (χ3n) is 3.28. The minimum absolute atomic E-state index is 0.0453. The molecule has 0 aliphatic heterocycles. The fraction of sp³-hybridized carbons (Fsp3) is 0.500. The van der Waals surface area contributed by atoms with Crippen LogP contribution < -0.4 is 5.32 Å². The van der Waals surface area contributed by atoms with Crippen LogP contribution in [0.2, 0.25) is 0 Å². The summed E-state index contributed by atoms with van der Waals surface area (Å²) in [6.07, 6.45) is 3.51. The van der Waals surface area contributed by atoms with Gasteiger partial charge in [0.05, 0.1) is 17.1 Å². The van der Waals surface area contributed by atoms with Crippen LogP contribution in [0.25, 0.3) is 11.0 Å². The van der Waals surface area contributed by atoms with E-state index in [-0.39, 0.29) is 11.9 Å². The van der Waals surface area contributed by atoms with Gasteiger partial charge in [0.1, 0.15) is 5.82 Å². The number of H-pyrrole nitrogens is 1. The van der Waals surface area contributed by atoms with Crippen molar-refractivity contribution in [3.63, 3.8) is 0 Å². The predicted octanol–water partition coefficient (Wildman–Crippen LogP) is 3.52. The number of carbonyl (C=O) groups is 1. The summed E-state index contributed by atoms with van der Waals surface area (Å²) in [5.41, 5.74) is 1.96. The smallest absolute Gasteiger partial charge is 0.220 e. The van der Waals surface area contributed by atoms with Crippen molar-refractivity contribution in [2.45, 2.75) is 32.7 Å². The summed E-state index contributed by atoms with van der Waals surface area (Å²) < 4.78 is 0. The van der Waals surface area contributed by atoms with Gasteiger partial charge >= 0.3 is 0 Å². The van der Waals surface area contributed by atoms with Gasteiger partial charge in [-0.05, 0) is 36.5 Å². The molecule has 4 nitrogen and oxygen atoms in total. The number of rotatable bonds is 7. The molecule has 1 amide bonds. The average Bonchev–Trinajstić information content (AvgIpc) is 2.86. The summed E-state index contributed by atoms with van der Waals surface area (Å²) in [4.78, 5) is 20.0. The number of nitrogens with zero attached hydrogens (tertiary/aromatic N) is 1. The molecule has 0 radical (unpaired) electrons. The van der Waals surface area contributed by atoms with Crippen molar-refractivity contribution in [3.8, 4) is 0 Å². The third-order valence-corrected chi connectivity index (χ3v) is 3.92. The highest BCUT2D eigenvalue weighted by molar-refractivity contribution is 7.98. The third kappa shape index (κ3) is 4.49. The van der Waals surface area contributed by atoms with E-state index in [9.17, 15) is 4.79 Å². The van der Waals surface area contributed by atoms with E-state index in [1.165, 1.54) is 0 Å². The van der Waals surface area contributed by atoms with E-state index in [2.05, 4.69) is 35.4 Å². The molecule has 0 spiro atoms. The van der Waals surface area contributed by atoms with Gasteiger partial charge in [-0.1, -0.05) is 26.0 Å². The fourth-order valence-electron chi connectivity index (χ4n) is 2.27. The number of amides is 1. The molecule has 0 saturated heterocycles. The average molecular weight is 305 g/mol. The molecular formula is C16H23N3OS. The molecule has 0 unspecified atom stereocenters. The number of thioether (sulfide) groups is 1. The number of hydrogen-bond donors (Lipinski definition) is 2. The maximum atomic E-state index is 12.1. The van der Waals surface area contributed by atoms with Gasteiger partial charge in [-0.2, -0.15) is 11.8 Å². The van der Waals surface area contributed by atoms with Gasteiger partial charge < -0.3 is 10.3 Å². The molecule has 0 bridgehead atoms. The highest BCUT2D eigenvalue weighted by Crippen LogP contribution is 2.20. The number of benzene rings is 1. The number of aromatic nitrogens is 2. The molecule has 2 aromatic rings. The largest absolute Gasteiger partial charge is 0.346 e. The fourth-order valence-corrected chi connectivity index (χ4v) is 2.75. The first kappa shape index (κ1) is 15.9. The van der Waals surface area contributed by atoms with Crippen molar-refractivity contribution >= 4 is 28.7 Å².